The van der Waals surface area contributed by atoms with Gasteiger partial charge in [0, 0.05) is 16.2 Å². The summed E-state index contributed by atoms with van der Waals surface area (Å²) in [6, 6.07) is 9.91. The van der Waals surface area contributed by atoms with E-state index in [9.17, 15) is 4.79 Å². The molecule has 0 bridgehead atoms. The molecule has 1 aromatic heterocycles. The number of furan rings is 1. The first-order valence-corrected chi connectivity index (χ1v) is 5.25. The van der Waals surface area contributed by atoms with Gasteiger partial charge in [0.2, 0.25) is 0 Å². The topological polar surface area (TPSA) is 91.0 Å². The van der Waals surface area contributed by atoms with E-state index in [1.54, 1.807) is 42.7 Å². The van der Waals surface area contributed by atoms with Gasteiger partial charge in [-0.2, -0.15) is 0 Å². The molecule has 0 aliphatic rings. The van der Waals surface area contributed by atoms with Crippen molar-refractivity contribution in [1.82, 2.24) is 5.32 Å². The number of amides is 1. The van der Waals surface area contributed by atoms with Crippen molar-refractivity contribution in [3.8, 4) is 0 Å². The van der Waals surface area contributed by atoms with Gasteiger partial charge in [0.25, 0.3) is 5.91 Å². The Balaban J connectivity index is 1.98. The molecular formula is C12H10N4O2. The van der Waals surface area contributed by atoms with E-state index in [1.165, 1.54) is 0 Å². The van der Waals surface area contributed by atoms with Crippen molar-refractivity contribution < 1.29 is 9.21 Å². The molecule has 6 heteroatoms. The number of hydrogen-bond acceptors (Lipinski definition) is 3. The van der Waals surface area contributed by atoms with E-state index in [0.717, 1.165) is 0 Å². The Labute approximate surface area is 103 Å². The highest BCUT2D eigenvalue weighted by Crippen LogP contribution is 2.13. The van der Waals surface area contributed by atoms with Crippen molar-refractivity contribution in [3.63, 3.8) is 0 Å². The van der Waals surface area contributed by atoms with Gasteiger partial charge in [0.1, 0.15) is 5.76 Å². The summed E-state index contributed by atoms with van der Waals surface area (Å²) in [5.74, 6) is 0.480. The van der Waals surface area contributed by atoms with E-state index >= 15 is 0 Å². The second kappa shape index (κ2) is 5.56. The fourth-order valence-electron chi connectivity index (χ4n) is 1.41. The molecule has 0 radical (unpaired) electrons. The Kier molecular flexibility index (Phi) is 3.63. The quantitative estimate of drug-likeness (QED) is 0.506. The van der Waals surface area contributed by atoms with E-state index in [1.807, 2.05) is 0 Å². The van der Waals surface area contributed by atoms with Crippen molar-refractivity contribution >= 4 is 11.6 Å². The monoisotopic (exact) mass is 242 g/mol. The Morgan fingerprint density at radius 2 is 2.11 bits per heavy atom. The Morgan fingerprint density at radius 1 is 1.33 bits per heavy atom. The molecule has 0 spiro atoms. The lowest BCUT2D eigenvalue weighted by atomic mass is 10.2. The van der Waals surface area contributed by atoms with Crippen LogP contribution in [0.2, 0.25) is 0 Å². The Hall–Kier alpha value is -2.72. The number of azide groups is 1. The predicted molar refractivity (Wildman–Crippen MR) is 65.1 cm³/mol. The van der Waals surface area contributed by atoms with Gasteiger partial charge in [-0.3, -0.25) is 4.79 Å². The second-order valence-corrected chi connectivity index (χ2v) is 3.50. The first kappa shape index (κ1) is 11.8. The van der Waals surface area contributed by atoms with E-state index in [2.05, 4.69) is 15.3 Å². The van der Waals surface area contributed by atoms with Crippen LogP contribution in [0.5, 0.6) is 0 Å². The van der Waals surface area contributed by atoms with Gasteiger partial charge in [0.05, 0.1) is 12.8 Å². The van der Waals surface area contributed by atoms with E-state index in [0.29, 0.717) is 23.6 Å². The maximum absolute atomic E-state index is 11.8. The van der Waals surface area contributed by atoms with Crippen LogP contribution in [0, 0.1) is 0 Å². The van der Waals surface area contributed by atoms with Crippen molar-refractivity contribution in [2.45, 2.75) is 6.54 Å². The third-order valence-corrected chi connectivity index (χ3v) is 2.29. The zero-order chi connectivity index (χ0) is 12.8. The number of nitrogens with zero attached hydrogens (tertiary/aromatic N) is 3. The summed E-state index contributed by atoms with van der Waals surface area (Å²) < 4.78 is 5.10. The van der Waals surface area contributed by atoms with Crippen molar-refractivity contribution in [2.24, 2.45) is 5.11 Å². The molecule has 1 amide bonds. The highest BCUT2D eigenvalue weighted by Gasteiger charge is 2.05. The van der Waals surface area contributed by atoms with Crippen LogP contribution < -0.4 is 5.32 Å². The molecule has 0 atom stereocenters. The first-order valence-electron chi connectivity index (χ1n) is 5.25. The summed E-state index contributed by atoms with van der Waals surface area (Å²) in [6.45, 7) is 0.337. The SMILES string of the molecule is [N-]=[N+]=Nc1ccc(C(=O)NCc2ccco2)cc1. The molecule has 1 aromatic carbocycles. The summed E-state index contributed by atoms with van der Waals surface area (Å²) in [5, 5.41) is 6.14. The van der Waals surface area contributed by atoms with Gasteiger partial charge in [0.15, 0.2) is 0 Å². The lowest BCUT2D eigenvalue weighted by molar-refractivity contribution is 0.0948. The van der Waals surface area contributed by atoms with Gasteiger partial charge in [-0.1, -0.05) is 17.2 Å². The van der Waals surface area contributed by atoms with Crippen LogP contribution in [0.15, 0.2) is 52.2 Å². The molecule has 2 rings (SSSR count). The summed E-state index contributed by atoms with van der Waals surface area (Å²) in [7, 11) is 0. The Morgan fingerprint density at radius 3 is 2.72 bits per heavy atom. The van der Waals surface area contributed by atoms with Crippen LogP contribution in [0.25, 0.3) is 10.4 Å². The molecule has 0 aliphatic carbocycles. The zero-order valence-electron chi connectivity index (χ0n) is 9.41. The molecule has 6 nitrogen and oxygen atoms in total. The molecule has 0 aliphatic heterocycles. The molecule has 90 valence electrons. The third-order valence-electron chi connectivity index (χ3n) is 2.29. The zero-order valence-corrected chi connectivity index (χ0v) is 9.41. The molecule has 1 heterocycles. The number of rotatable bonds is 4. The summed E-state index contributed by atoms with van der Waals surface area (Å²) in [4.78, 5) is 14.4. The molecular weight excluding hydrogens is 232 g/mol. The van der Waals surface area contributed by atoms with Crippen LogP contribution in [0.4, 0.5) is 5.69 Å². The van der Waals surface area contributed by atoms with Crippen LogP contribution in [-0.2, 0) is 6.54 Å². The van der Waals surface area contributed by atoms with Crippen molar-refractivity contribution in [2.75, 3.05) is 0 Å². The lowest BCUT2D eigenvalue weighted by Crippen LogP contribution is -2.22. The number of carbonyl (C=O) groups is 1. The number of carbonyl (C=O) groups excluding carboxylic acids is 1. The minimum absolute atomic E-state index is 0.209. The van der Waals surface area contributed by atoms with Gasteiger partial charge in [-0.05, 0) is 29.8 Å². The van der Waals surface area contributed by atoms with E-state index in [4.69, 9.17) is 9.95 Å². The minimum atomic E-state index is -0.209. The summed E-state index contributed by atoms with van der Waals surface area (Å²) in [5.41, 5.74) is 9.23. The number of nitrogens with one attached hydrogen (secondary N) is 1. The smallest absolute Gasteiger partial charge is 0.251 e. The molecule has 1 N–H and O–H groups in total. The largest absolute Gasteiger partial charge is 0.467 e. The fourth-order valence-corrected chi connectivity index (χ4v) is 1.41. The lowest BCUT2D eigenvalue weighted by Gasteiger charge is -2.03. The number of benzene rings is 1. The van der Waals surface area contributed by atoms with Crippen molar-refractivity contribution in [3.05, 3.63) is 64.4 Å². The van der Waals surface area contributed by atoms with Gasteiger partial charge in [-0.25, -0.2) is 0 Å². The van der Waals surface area contributed by atoms with E-state index < -0.39 is 0 Å². The van der Waals surface area contributed by atoms with Crippen LogP contribution >= 0.6 is 0 Å². The standard InChI is InChI=1S/C12H10N4O2/c13-16-15-10-5-3-9(4-6-10)12(17)14-8-11-2-1-7-18-11/h1-7H,8H2,(H,14,17). The minimum Gasteiger partial charge on any atom is -0.467 e. The van der Waals surface area contributed by atoms with Crippen LogP contribution in [0.1, 0.15) is 16.1 Å². The van der Waals surface area contributed by atoms with Crippen molar-refractivity contribution in [1.29, 1.82) is 0 Å². The normalized spacial score (nSPS) is 9.56. The first-order chi connectivity index (χ1) is 8.79. The summed E-state index contributed by atoms with van der Waals surface area (Å²) in [6.07, 6.45) is 1.55. The average Bonchev–Trinajstić information content (AvgIpc) is 2.90. The predicted octanol–water partition coefficient (Wildman–Crippen LogP) is 3.15. The maximum atomic E-state index is 11.8. The highest BCUT2D eigenvalue weighted by atomic mass is 16.3. The van der Waals surface area contributed by atoms with Gasteiger partial charge < -0.3 is 9.73 Å². The highest BCUT2D eigenvalue weighted by molar-refractivity contribution is 5.94. The number of hydrogen-bond donors (Lipinski definition) is 1. The Bertz CT molecular complexity index is 569. The molecule has 18 heavy (non-hydrogen) atoms. The van der Waals surface area contributed by atoms with Crippen LogP contribution in [0.3, 0.4) is 0 Å². The van der Waals surface area contributed by atoms with Gasteiger partial charge >= 0.3 is 0 Å². The third kappa shape index (κ3) is 2.90. The molecule has 0 fully saturated rings. The van der Waals surface area contributed by atoms with E-state index in [-0.39, 0.29) is 5.91 Å². The molecule has 0 saturated carbocycles. The van der Waals surface area contributed by atoms with Crippen LogP contribution in [-0.4, -0.2) is 5.91 Å². The molecule has 0 unspecified atom stereocenters. The molecule has 2 aromatic rings. The fraction of sp³-hybridized carbons (Fsp3) is 0.0833. The molecule has 0 saturated heterocycles. The second-order valence-electron chi connectivity index (χ2n) is 3.50. The van der Waals surface area contributed by atoms with Gasteiger partial charge in [-0.15, -0.1) is 0 Å². The summed E-state index contributed by atoms with van der Waals surface area (Å²) >= 11 is 0. The maximum Gasteiger partial charge on any atom is 0.251 e. The average molecular weight is 242 g/mol.